The summed E-state index contributed by atoms with van der Waals surface area (Å²) in [5, 5.41) is 8.83. The quantitative estimate of drug-likeness (QED) is 0.457. The molecule has 0 aliphatic heterocycles. The van der Waals surface area contributed by atoms with Crippen molar-refractivity contribution in [2.75, 3.05) is 13.1 Å². The molecular formula is C22H41N3O4. The van der Waals surface area contributed by atoms with E-state index in [-0.39, 0.29) is 60.1 Å². The second-order valence-corrected chi connectivity index (χ2v) is 9.99. The van der Waals surface area contributed by atoms with Gasteiger partial charge >= 0.3 is 0 Å². The summed E-state index contributed by atoms with van der Waals surface area (Å²) in [5.41, 5.74) is -0.683. The molecule has 0 rings (SSSR count). The molecule has 168 valence electrons. The van der Waals surface area contributed by atoms with Crippen molar-refractivity contribution in [1.29, 1.82) is 0 Å². The number of amides is 2. The lowest BCUT2D eigenvalue weighted by Gasteiger charge is -2.28. The van der Waals surface area contributed by atoms with Gasteiger partial charge in [-0.05, 0) is 20.8 Å². The molecule has 7 nitrogen and oxygen atoms in total. The van der Waals surface area contributed by atoms with Crippen LogP contribution in [0.3, 0.4) is 0 Å². The van der Waals surface area contributed by atoms with Crippen LogP contribution in [-0.4, -0.2) is 48.1 Å². The Bertz CT molecular complexity index is 572. The van der Waals surface area contributed by atoms with Crippen molar-refractivity contribution in [3.8, 4) is 0 Å². The van der Waals surface area contributed by atoms with Crippen LogP contribution in [0.15, 0.2) is 0 Å². The third kappa shape index (κ3) is 14.0. The Morgan fingerprint density at radius 3 is 1.59 bits per heavy atom. The largest absolute Gasteiger partial charge is 0.356 e. The van der Waals surface area contributed by atoms with E-state index < -0.39 is 5.41 Å². The topological polar surface area (TPSA) is 104 Å². The highest BCUT2D eigenvalue weighted by Crippen LogP contribution is 2.16. The van der Waals surface area contributed by atoms with Crippen molar-refractivity contribution in [3.05, 3.63) is 0 Å². The molecule has 0 radical (unpaired) electrons. The summed E-state index contributed by atoms with van der Waals surface area (Å²) >= 11 is 0. The van der Waals surface area contributed by atoms with E-state index in [1.54, 1.807) is 0 Å². The zero-order chi connectivity index (χ0) is 22.8. The summed E-state index contributed by atoms with van der Waals surface area (Å²) in [6.07, 6.45) is 0.876. The van der Waals surface area contributed by atoms with Gasteiger partial charge in [-0.2, -0.15) is 0 Å². The van der Waals surface area contributed by atoms with Gasteiger partial charge in [0.2, 0.25) is 11.8 Å². The van der Waals surface area contributed by atoms with Crippen molar-refractivity contribution in [2.45, 2.75) is 92.7 Å². The number of carbonyl (C=O) groups is 4. The molecule has 1 atom stereocenters. The van der Waals surface area contributed by atoms with Gasteiger partial charge in [-0.15, -0.1) is 0 Å². The molecule has 0 aliphatic rings. The SMILES string of the molecule is CC(C)C(=O)CCNC(=O)CC(CC(=O)NCCC(=O)C(C)(C)C)NC(C)(C)C. The summed E-state index contributed by atoms with van der Waals surface area (Å²) in [6.45, 7) is 15.7. The van der Waals surface area contributed by atoms with Crippen molar-refractivity contribution in [1.82, 2.24) is 16.0 Å². The monoisotopic (exact) mass is 411 g/mol. The summed E-state index contributed by atoms with van der Waals surface area (Å²) in [7, 11) is 0. The fourth-order valence-corrected chi connectivity index (χ4v) is 2.68. The average Bonchev–Trinajstić information content (AvgIpc) is 2.51. The molecule has 7 heteroatoms. The maximum Gasteiger partial charge on any atom is 0.221 e. The normalized spacial score (nSPS) is 13.1. The van der Waals surface area contributed by atoms with Gasteiger partial charge < -0.3 is 16.0 Å². The predicted molar refractivity (Wildman–Crippen MR) is 115 cm³/mol. The molecule has 0 saturated carbocycles. The molecule has 0 aliphatic carbocycles. The van der Waals surface area contributed by atoms with Crippen molar-refractivity contribution < 1.29 is 19.2 Å². The fraction of sp³-hybridized carbons (Fsp3) is 0.818. The van der Waals surface area contributed by atoms with Crippen LogP contribution in [0.25, 0.3) is 0 Å². The first-order valence-corrected chi connectivity index (χ1v) is 10.5. The van der Waals surface area contributed by atoms with Crippen LogP contribution >= 0.6 is 0 Å². The van der Waals surface area contributed by atoms with Crippen LogP contribution in [0.2, 0.25) is 0 Å². The molecule has 1 unspecified atom stereocenters. The maximum absolute atomic E-state index is 12.3. The molecule has 0 aromatic rings. The Balaban J connectivity index is 4.57. The van der Waals surface area contributed by atoms with E-state index in [1.807, 2.05) is 55.4 Å². The summed E-state index contributed by atoms with van der Waals surface area (Å²) in [5.74, 6) is -0.234. The third-order valence-electron chi connectivity index (χ3n) is 4.35. The van der Waals surface area contributed by atoms with Crippen LogP contribution in [0.4, 0.5) is 0 Å². The summed E-state index contributed by atoms with van der Waals surface area (Å²) < 4.78 is 0. The van der Waals surface area contributed by atoms with Crippen LogP contribution in [-0.2, 0) is 19.2 Å². The number of hydrogen-bond donors (Lipinski definition) is 3. The van der Waals surface area contributed by atoms with E-state index in [4.69, 9.17) is 0 Å². The third-order valence-corrected chi connectivity index (χ3v) is 4.35. The maximum atomic E-state index is 12.3. The molecule has 0 spiro atoms. The number of rotatable bonds is 12. The number of ketones is 2. The Morgan fingerprint density at radius 2 is 1.21 bits per heavy atom. The fourth-order valence-electron chi connectivity index (χ4n) is 2.68. The standard InChI is InChI=1S/C22H41N3O4/c1-15(2)17(26)9-11-23-19(28)13-16(25-22(6,7)8)14-20(29)24-12-10-18(27)21(3,4)5/h15-16,25H,9-14H2,1-8H3,(H,23,28)(H,24,29). The highest BCUT2D eigenvalue weighted by Gasteiger charge is 2.24. The first kappa shape index (κ1) is 27.2. The molecule has 29 heavy (non-hydrogen) atoms. The molecule has 0 aromatic carbocycles. The van der Waals surface area contributed by atoms with Crippen molar-refractivity contribution >= 4 is 23.4 Å². The second-order valence-electron chi connectivity index (χ2n) is 9.99. The van der Waals surface area contributed by atoms with Gasteiger partial charge in [-0.1, -0.05) is 34.6 Å². The lowest BCUT2D eigenvalue weighted by Crippen LogP contribution is -2.48. The first-order chi connectivity index (χ1) is 13.1. The van der Waals surface area contributed by atoms with E-state index >= 15 is 0 Å². The molecule has 2 amide bonds. The lowest BCUT2D eigenvalue weighted by molar-refractivity contribution is -0.126. The highest BCUT2D eigenvalue weighted by molar-refractivity contribution is 5.85. The van der Waals surface area contributed by atoms with E-state index in [9.17, 15) is 19.2 Å². The van der Waals surface area contributed by atoms with Crippen molar-refractivity contribution in [2.24, 2.45) is 11.3 Å². The number of hydrogen-bond acceptors (Lipinski definition) is 5. The second kappa shape index (κ2) is 12.1. The van der Waals surface area contributed by atoms with E-state index in [0.717, 1.165) is 0 Å². The minimum absolute atomic E-state index is 0.0453. The molecule has 0 fully saturated rings. The highest BCUT2D eigenvalue weighted by atomic mass is 16.2. The predicted octanol–water partition coefficient (Wildman–Crippen LogP) is 2.38. The first-order valence-electron chi connectivity index (χ1n) is 10.5. The molecule has 0 heterocycles. The molecule has 0 saturated heterocycles. The van der Waals surface area contributed by atoms with Gasteiger partial charge in [0.15, 0.2) is 0 Å². The Labute approximate surface area is 176 Å². The van der Waals surface area contributed by atoms with Gasteiger partial charge in [0, 0.05) is 61.7 Å². The van der Waals surface area contributed by atoms with Gasteiger partial charge in [0.05, 0.1) is 0 Å². The Kier molecular flexibility index (Phi) is 11.3. The van der Waals surface area contributed by atoms with E-state index in [2.05, 4.69) is 16.0 Å². The van der Waals surface area contributed by atoms with Gasteiger partial charge in [-0.3, -0.25) is 19.2 Å². The lowest BCUT2D eigenvalue weighted by atomic mass is 9.89. The number of Topliss-reactive ketones (excluding diaryl/α,β-unsaturated/α-hetero) is 2. The molecule has 0 aromatic heterocycles. The van der Waals surface area contributed by atoms with Gasteiger partial charge in [0.25, 0.3) is 0 Å². The Hall–Kier alpha value is -1.76. The summed E-state index contributed by atoms with van der Waals surface area (Å²) in [4.78, 5) is 48.1. The summed E-state index contributed by atoms with van der Waals surface area (Å²) in [6, 6.07) is -0.339. The number of nitrogens with one attached hydrogen (secondary N) is 3. The van der Waals surface area contributed by atoms with Gasteiger partial charge in [0.1, 0.15) is 11.6 Å². The van der Waals surface area contributed by atoms with E-state index in [1.165, 1.54) is 0 Å². The van der Waals surface area contributed by atoms with Crippen LogP contribution in [0.1, 0.15) is 81.1 Å². The minimum Gasteiger partial charge on any atom is -0.356 e. The van der Waals surface area contributed by atoms with Crippen LogP contribution < -0.4 is 16.0 Å². The zero-order valence-electron chi connectivity index (χ0n) is 19.5. The number of carbonyl (C=O) groups excluding carboxylic acids is 4. The van der Waals surface area contributed by atoms with Gasteiger partial charge in [-0.25, -0.2) is 0 Å². The molecule has 0 bridgehead atoms. The zero-order valence-corrected chi connectivity index (χ0v) is 19.5. The molecular weight excluding hydrogens is 370 g/mol. The smallest absolute Gasteiger partial charge is 0.221 e. The minimum atomic E-state index is -0.421. The van der Waals surface area contributed by atoms with Crippen LogP contribution in [0.5, 0.6) is 0 Å². The Morgan fingerprint density at radius 1 is 0.759 bits per heavy atom. The molecule has 3 N–H and O–H groups in total. The average molecular weight is 412 g/mol. The van der Waals surface area contributed by atoms with Crippen molar-refractivity contribution in [3.63, 3.8) is 0 Å². The van der Waals surface area contributed by atoms with E-state index in [0.29, 0.717) is 19.5 Å². The van der Waals surface area contributed by atoms with Crippen LogP contribution in [0, 0.1) is 11.3 Å².